The number of aliphatic imine (C=N–C) groups is 1. The summed E-state index contributed by atoms with van der Waals surface area (Å²) in [4.78, 5) is 4.59. The van der Waals surface area contributed by atoms with Crippen molar-refractivity contribution in [2.45, 2.75) is 39.2 Å². The molecule has 1 heterocycles. The average molecular weight is 352 g/mol. The fourth-order valence-electron chi connectivity index (χ4n) is 2.89. The van der Waals surface area contributed by atoms with Gasteiger partial charge in [-0.25, -0.2) is 8.42 Å². The Morgan fingerprint density at radius 1 is 1.33 bits per heavy atom. The van der Waals surface area contributed by atoms with E-state index in [2.05, 4.69) is 46.8 Å². The number of benzene rings is 1. The summed E-state index contributed by atoms with van der Waals surface area (Å²) in [5.41, 5.74) is 1.34. The molecule has 1 aliphatic heterocycles. The van der Waals surface area contributed by atoms with Crippen molar-refractivity contribution >= 4 is 15.8 Å². The van der Waals surface area contributed by atoms with E-state index in [1.807, 2.05) is 13.0 Å². The summed E-state index contributed by atoms with van der Waals surface area (Å²) in [5.74, 6) is 1.52. The first-order valence-corrected chi connectivity index (χ1v) is 10.6. The van der Waals surface area contributed by atoms with Crippen molar-refractivity contribution in [1.82, 2.24) is 10.6 Å². The molecule has 0 saturated carbocycles. The maximum atomic E-state index is 11.5. The molecule has 6 heteroatoms. The number of hydrogen-bond acceptors (Lipinski definition) is 3. The quantitative estimate of drug-likeness (QED) is 0.582. The molecule has 0 spiro atoms. The first-order chi connectivity index (χ1) is 11.5. The lowest BCUT2D eigenvalue weighted by Crippen LogP contribution is -2.42. The number of sulfone groups is 1. The molecule has 1 aliphatic rings. The summed E-state index contributed by atoms with van der Waals surface area (Å²) in [6.45, 7) is 5.54. The first kappa shape index (κ1) is 18.8. The summed E-state index contributed by atoms with van der Waals surface area (Å²) in [6.07, 6.45) is 2.77. The molecule has 2 atom stereocenters. The molecular weight excluding hydrogens is 322 g/mol. The van der Waals surface area contributed by atoms with Gasteiger partial charge in [-0.05, 0) is 44.6 Å². The van der Waals surface area contributed by atoms with Crippen LogP contribution in [-0.4, -0.2) is 45.0 Å². The van der Waals surface area contributed by atoms with Crippen molar-refractivity contribution in [2.24, 2.45) is 10.9 Å². The number of hydrogen-bond donors (Lipinski definition) is 2. The van der Waals surface area contributed by atoms with Gasteiger partial charge in [-0.2, -0.15) is 0 Å². The smallest absolute Gasteiger partial charge is 0.191 e. The van der Waals surface area contributed by atoms with E-state index in [1.54, 1.807) is 0 Å². The normalized spacial score (nSPS) is 21.4. The molecule has 0 aromatic heterocycles. The fourth-order valence-corrected chi connectivity index (χ4v) is 4.74. The van der Waals surface area contributed by atoms with Crippen LogP contribution in [0.5, 0.6) is 0 Å². The van der Waals surface area contributed by atoms with Crippen LogP contribution in [0.4, 0.5) is 0 Å². The highest BCUT2D eigenvalue weighted by molar-refractivity contribution is 7.91. The molecule has 0 aliphatic carbocycles. The second-order valence-electron chi connectivity index (χ2n) is 6.56. The molecular formula is C18H29N3O2S. The minimum Gasteiger partial charge on any atom is -0.357 e. The van der Waals surface area contributed by atoms with E-state index in [-0.39, 0.29) is 11.7 Å². The zero-order chi connectivity index (χ0) is 17.4. The molecule has 2 unspecified atom stereocenters. The summed E-state index contributed by atoms with van der Waals surface area (Å²) in [5, 5.41) is 6.67. The summed E-state index contributed by atoms with van der Waals surface area (Å²) in [6, 6.07) is 10.8. The third-order valence-electron chi connectivity index (χ3n) is 4.27. The van der Waals surface area contributed by atoms with Crippen molar-refractivity contribution < 1.29 is 8.42 Å². The molecule has 2 rings (SSSR count). The Morgan fingerprint density at radius 2 is 2.08 bits per heavy atom. The van der Waals surface area contributed by atoms with E-state index in [9.17, 15) is 8.42 Å². The van der Waals surface area contributed by atoms with Gasteiger partial charge in [0.15, 0.2) is 15.8 Å². The Hall–Kier alpha value is -1.56. The highest BCUT2D eigenvalue weighted by atomic mass is 32.2. The van der Waals surface area contributed by atoms with Gasteiger partial charge in [-0.1, -0.05) is 30.3 Å². The molecule has 1 aromatic rings. The van der Waals surface area contributed by atoms with Gasteiger partial charge in [0.1, 0.15) is 0 Å². The molecule has 0 radical (unpaired) electrons. The second-order valence-corrected chi connectivity index (χ2v) is 8.79. The predicted molar refractivity (Wildman–Crippen MR) is 100 cm³/mol. The van der Waals surface area contributed by atoms with Crippen LogP contribution in [0.2, 0.25) is 0 Å². The highest BCUT2D eigenvalue weighted by Gasteiger charge is 2.27. The number of nitrogens with zero attached hydrogens (tertiary/aromatic N) is 1. The largest absolute Gasteiger partial charge is 0.357 e. The van der Waals surface area contributed by atoms with Gasteiger partial charge in [-0.3, -0.25) is 4.99 Å². The van der Waals surface area contributed by atoms with Crippen molar-refractivity contribution in [3.63, 3.8) is 0 Å². The molecule has 0 bridgehead atoms. The van der Waals surface area contributed by atoms with Gasteiger partial charge in [0.05, 0.1) is 11.5 Å². The van der Waals surface area contributed by atoms with Gasteiger partial charge in [0.2, 0.25) is 0 Å². The number of rotatable bonds is 7. The number of nitrogens with one attached hydrogen (secondary N) is 2. The molecule has 134 valence electrons. The van der Waals surface area contributed by atoms with E-state index in [0.717, 1.165) is 31.8 Å². The van der Waals surface area contributed by atoms with E-state index in [1.165, 1.54) is 5.56 Å². The third kappa shape index (κ3) is 6.51. The predicted octanol–water partition coefficient (Wildman–Crippen LogP) is 2.00. The minimum atomic E-state index is -2.83. The van der Waals surface area contributed by atoms with E-state index >= 15 is 0 Å². The number of aryl methyl sites for hydroxylation is 1. The molecule has 1 fully saturated rings. The maximum Gasteiger partial charge on any atom is 0.191 e. The minimum absolute atomic E-state index is 0.157. The van der Waals surface area contributed by atoms with E-state index < -0.39 is 9.84 Å². The van der Waals surface area contributed by atoms with E-state index in [4.69, 9.17) is 0 Å². The zero-order valence-corrected chi connectivity index (χ0v) is 15.5. The molecule has 2 N–H and O–H groups in total. The molecule has 1 saturated heterocycles. The van der Waals surface area contributed by atoms with Gasteiger partial charge in [0, 0.05) is 19.1 Å². The monoisotopic (exact) mass is 351 g/mol. The fraction of sp³-hybridized carbons (Fsp3) is 0.611. The molecule has 24 heavy (non-hydrogen) atoms. The van der Waals surface area contributed by atoms with E-state index in [0.29, 0.717) is 18.3 Å². The van der Waals surface area contributed by atoms with Crippen LogP contribution in [0.25, 0.3) is 0 Å². The summed E-state index contributed by atoms with van der Waals surface area (Å²) < 4.78 is 23.1. The van der Waals surface area contributed by atoms with Crippen LogP contribution in [0.3, 0.4) is 0 Å². The average Bonchev–Trinajstić information content (AvgIpc) is 2.91. The zero-order valence-electron chi connectivity index (χ0n) is 14.7. The lowest BCUT2D eigenvalue weighted by Gasteiger charge is -2.18. The summed E-state index contributed by atoms with van der Waals surface area (Å²) >= 11 is 0. The van der Waals surface area contributed by atoms with Crippen LogP contribution in [0, 0.1) is 5.92 Å². The van der Waals surface area contributed by atoms with Gasteiger partial charge in [0.25, 0.3) is 0 Å². The van der Waals surface area contributed by atoms with Crippen LogP contribution < -0.4 is 10.6 Å². The van der Waals surface area contributed by atoms with Crippen LogP contribution in [-0.2, 0) is 16.3 Å². The molecule has 0 amide bonds. The van der Waals surface area contributed by atoms with Crippen LogP contribution >= 0.6 is 0 Å². The lowest BCUT2D eigenvalue weighted by molar-refractivity contribution is 0.575. The number of guanidine groups is 1. The highest BCUT2D eigenvalue weighted by Crippen LogP contribution is 2.18. The van der Waals surface area contributed by atoms with Crippen LogP contribution in [0.15, 0.2) is 35.3 Å². The lowest BCUT2D eigenvalue weighted by atomic mass is 10.1. The Kier molecular flexibility index (Phi) is 7.09. The maximum absolute atomic E-state index is 11.5. The second kappa shape index (κ2) is 9.06. The van der Waals surface area contributed by atoms with Crippen LogP contribution in [0.1, 0.15) is 32.3 Å². The molecule has 1 aromatic carbocycles. The van der Waals surface area contributed by atoms with Gasteiger partial charge in [-0.15, -0.1) is 0 Å². The van der Waals surface area contributed by atoms with Crippen molar-refractivity contribution in [1.29, 1.82) is 0 Å². The molecule has 5 nitrogen and oxygen atoms in total. The Morgan fingerprint density at radius 3 is 2.71 bits per heavy atom. The first-order valence-electron chi connectivity index (χ1n) is 8.77. The van der Waals surface area contributed by atoms with Crippen molar-refractivity contribution in [3.05, 3.63) is 35.9 Å². The third-order valence-corrected chi connectivity index (χ3v) is 6.11. The standard InChI is InChI=1S/C18H29N3O2S/c1-3-19-18(20-13-17-11-12-24(22,23)14-17)21-15(2)9-10-16-7-5-4-6-8-16/h4-8,15,17H,3,9-14H2,1-2H3,(H2,19,20,21). The Bertz CT molecular complexity index is 629. The van der Waals surface area contributed by atoms with Gasteiger partial charge >= 0.3 is 0 Å². The Balaban J connectivity index is 1.82. The van der Waals surface area contributed by atoms with Crippen molar-refractivity contribution in [3.8, 4) is 0 Å². The van der Waals surface area contributed by atoms with Crippen molar-refractivity contribution in [2.75, 3.05) is 24.6 Å². The summed E-state index contributed by atoms with van der Waals surface area (Å²) in [7, 11) is -2.83. The van der Waals surface area contributed by atoms with Gasteiger partial charge < -0.3 is 10.6 Å². The SMILES string of the molecule is CCNC(=NCC1CCS(=O)(=O)C1)NC(C)CCc1ccccc1. The topological polar surface area (TPSA) is 70.6 Å². The Labute approximate surface area is 145 Å².